The first-order chi connectivity index (χ1) is 7.75. The van der Waals surface area contributed by atoms with Crippen LogP contribution in [0.2, 0.25) is 0 Å². The number of hydrogen-bond donors (Lipinski definition) is 1. The van der Waals surface area contributed by atoms with Crippen molar-refractivity contribution in [2.75, 3.05) is 31.2 Å². The molecule has 0 bridgehead atoms. The minimum atomic E-state index is 0.132. The maximum absolute atomic E-state index is 5.76. The monoisotopic (exact) mass is 222 g/mol. The molecule has 1 unspecified atom stereocenters. The minimum Gasteiger partial charge on any atom is -0.378 e. The van der Waals surface area contributed by atoms with Gasteiger partial charge in [-0.2, -0.15) is 0 Å². The Morgan fingerprint density at radius 2 is 2.19 bits per heavy atom. The molecule has 0 amide bonds. The third-order valence-corrected chi connectivity index (χ3v) is 2.58. The number of aromatic nitrogens is 2. The molecule has 0 radical (unpaired) electrons. The van der Waals surface area contributed by atoms with E-state index < -0.39 is 0 Å². The normalized spacial score (nSPS) is 18.5. The number of nitrogens with zero attached hydrogens (tertiary/aromatic N) is 3. The van der Waals surface area contributed by atoms with Crippen LogP contribution in [0, 0.1) is 0 Å². The lowest BCUT2D eigenvalue weighted by molar-refractivity contribution is 0.122. The van der Waals surface area contributed by atoms with E-state index in [2.05, 4.69) is 14.9 Å². The molecule has 0 aromatic carbocycles. The molecule has 16 heavy (non-hydrogen) atoms. The highest BCUT2D eigenvalue weighted by Gasteiger charge is 2.13. The number of hydrogen-bond acceptors (Lipinski definition) is 5. The van der Waals surface area contributed by atoms with E-state index in [1.165, 1.54) is 0 Å². The highest BCUT2D eigenvalue weighted by atomic mass is 16.5. The van der Waals surface area contributed by atoms with Gasteiger partial charge in [-0.15, -0.1) is 0 Å². The molecule has 88 valence electrons. The Balaban J connectivity index is 2.08. The fourth-order valence-electron chi connectivity index (χ4n) is 1.79. The second-order valence-electron chi connectivity index (χ2n) is 4.15. The van der Waals surface area contributed by atoms with Crippen molar-refractivity contribution in [3.8, 4) is 0 Å². The van der Waals surface area contributed by atoms with E-state index >= 15 is 0 Å². The molecule has 0 saturated carbocycles. The van der Waals surface area contributed by atoms with Crippen molar-refractivity contribution in [2.24, 2.45) is 5.73 Å². The summed E-state index contributed by atoms with van der Waals surface area (Å²) in [5.74, 6) is 0.981. The third kappa shape index (κ3) is 2.90. The van der Waals surface area contributed by atoms with Gasteiger partial charge in [0.05, 0.1) is 13.2 Å². The lowest BCUT2D eigenvalue weighted by Gasteiger charge is -2.27. The molecule has 1 aliphatic heterocycles. The average Bonchev–Trinajstić information content (AvgIpc) is 2.30. The van der Waals surface area contributed by atoms with Gasteiger partial charge in [-0.3, -0.25) is 0 Å². The Morgan fingerprint density at radius 3 is 2.88 bits per heavy atom. The number of ether oxygens (including phenoxy) is 1. The fraction of sp³-hybridized carbons (Fsp3) is 0.636. The summed E-state index contributed by atoms with van der Waals surface area (Å²) in [4.78, 5) is 10.7. The second-order valence-corrected chi connectivity index (χ2v) is 4.15. The van der Waals surface area contributed by atoms with Crippen LogP contribution in [0.25, 0.3) is 0 Å². The fourth-order valence-corrected chi connectivity index (χ4v) is 1.79. The Morgan fingerprint density at radius 1 is 1.44 bits per heavy atom. The number of nitrogens with two attached hydrogens (primary N) is 1. The second kappa shape index (κ2) is 5.23. The lowest BCUT2D eigenvalue weighted by Crippen LogP contribution is -2.36. The summed E-state index contributed by atoms with van der Waals surface area (Å²) >= 11 is 0. The first kappa shape index (κ1) is 11.3. The van der Waals surface area contributed by atoms with Crippen molar-refractivity contribution in [2.45, 2.75) is 19.4 Å². The largest absolute Gasteiger partial charge is 0.378 e. The van der Waals surface area contributed by atoms with Gasteiger partial charge in [0.15, 0.2) is 0 Å². The molecule has 1 aromatic heterocycles. The van der Waals surface area contributed by atoms with Gasteiger partial charge in [0.1, 0.15) is 12.1 Å². The first-order valence-electron chi connectivity index (χ1n) is 5.65. The van der Waals surface area contributed by atoms with E-state index in [-0.39, 0.29) is 6.04 Å². The molecule has 1 atom stereocenters. The zero-order valence-electron chi connectivity index (χ0n) is 9.59. The summed E-state index contributed by atoms with van der Waals surface area (Å²) in [7, 11) is 0. The Bertz CT molecular complexity index is 337. The number of morpholine rings is 1. The van der Waals surface area contributed by atoms with Crippen LogP contribution in [0.3, 0.4) is 0 Å². The highest BCUT2D eigenvalue weighted by Crippen LogP contribution is 2.13. The quantitative estimate of drug-likeness (QED) is 0.791. The SMILES string of the molecule is CC(N)Cc1cc(N2CCOCC2)ncn1. The van der Waals surface area contributed by atoms with Crippen molar-refractivity contribution >= 4 is 5.82 Å². The van der Waals surface area contributed by atoms with Gasteiger partial charge in [-0.05, 0) is 6.92 Å². The van der Waals surface area contributed by atoms with Crippen molar-refractivity contribution < 1.29 is 4.74 Å². The van der Waals surface area contributed by atoms with E-state index in [9.17, 15) is 0 Å². The van der Waals surface area contributed by atoms with Gasteiger partial charge in [0.25, 0.3) is 0 Å². The zero-order valence-corrected chi connectivity index (χ0v) is 9.59. The summed E-state index contributed by atoms with van der Waals surface area (Å²) in [6, 6.07) is 2.15. The Labute approximate surface area is 95.6 Å². The molecular formula is C11H18N4O. The lowest BCUT2D eigenvalue weighted by atomic mass is 10.2. The molecular weight excluding hydrogens is 204 g/mol. The summed E-state index contributed by atoms with van der Waals surface area (Å²) in [5, 5.41) is 0. The average molecular weight is 222 g/mol. The predicted molar refractivity (Wildman–Crippen MR) is 62.4 cm³/mol. The van der Waals surface area contributed by atoms with Crippen molar-refractivity contribution in [1.82, 2.24) is 9.97 Å². The van der Waals surface area contributed by atoms with Crippen molar-refractivity contribution in [3.63, 3.8) is 0 Å². The molecule has 2 rings (SSSR count). The van der Waals surface area contributed by atoms with Gasteiger partial charge < -0.3 is 15.4 Å². The number of anilines is 1. The molecule has 5 heteroatoms. The molecule has 1 aromatic rings. The molecule has 5 nitrogen and oxygen atoms in total. The Kier molecular flexibility index (Phi) is 3.69. The van der Waals surface area contributed by atoms with E-state index in [1.807, 2.05) is 13.0 Å². The molecule has 2 heterocycles. The van der Waals surface area contributed by atoms with E-state index in [0.29, 0.717) is 0 Å². The van der Waals surface area contributed by atoms with Crippen LogP contribution in [0.15, 0.2) is 12.4 Å². The van der Waals surface area contributed by atoms with Gasteiger partial charge in [-0.1, -0.05) is 0 Å². The van der Waals surface area contributed by atoms with Crippen molar-refractivity contribution in [3.05, 3.63) is 18.1 Å². The highest BCUT2D eigenvalue weighted by molar-refractivity contribution is 5.39. The maximum atomic E-state index is 5.76. The molecule has 1 aliphatic rings. The van der Waals surface area contributed by atoms with Gasteiger partial charge in [-0.25, -0.2) is 9.97 Å². The van der Waals surface area contributed by atoms with E-state index in [1.54, 1.807) is 6.33 Å². The summed E-state index contributed by atoms with van der Waals surface area (Å²) in [6.45, 7) is 5.32. The third-order valence-electron chi connectivity index (χ3n) is 2.58. The standard InChI is InChI=1S/C11H18N4O/c1-9(12)6-10-7-11(14-8-13-10)15-2-4-16-5-3-15/h7-9H,2-6,12H2,1H3. The van der Waals surface area contributed by atoms with Gasteiger partial charge in [0, 0.05) is 37.3 Å². The smallest absolute Gasteiger partial charge is 0.132 e. The van der Waals surface area contributed by atoms with Crippen LogP contribution < -0.4 is 10.6 Å². The molecule has 2 N–H and O–H groups in total. The van der Waals surface area contributed by atoms with E-state index in [4.69, 9.17) is 10.5 Å². The van der Waals surface area contributed by atoms with Crippen LogP contribution in [-0.4, -0.2) is 42.3 Å². The molecule has 0 spiro atoms. The minimum absolute atomic E-state index is 0.132. The van der Waals surface area contributed by atoms with Crippen molar-refractivity contribution in [1.29, 1.82) is 0 Å². The topological polar surface area (TPSA) is 64.3 Å². The summed E-state index contributed by atoms with van der Waals surface area (Å²) < 4.78 is 5.31. The maximum Gasteiger partial charge on any atom is 0.132 e. The van der Waals surface area contributed by atoms with Crippen LogP contribution in [0.1, 0.15) is 12.6 Å². The van der Waals surface area contributed by atoms with Crippen LogP contribution in [0.5, 0.6) is 0 Å². The Hall–Kier alpha value is -1.20. The first-order valence-corrected chi connectivity index (χ1v) is 5.65. The number of rotatable bonds is 3. The van der Waals surface area contributed by atoms with Crippen LogP contribution in [-0.2, 0) is 11.2 Å². The molecule has 0 aliphatic carbocycles. The van der Waals surface area contributed by atoms with Crippen LogP contribution >= 0.6 is 0 Å². The van der Waals surface area contributed by atoms with Crippen LogP contribution in [0.4, 0.5) is 5.82 Å². The zero-order chi connectivity index (χ0) is 11.4. The molecule has 1 fully saturated rings. The summed E-state index contributed by atoms with van der Waals surface area (Å²) in [6.07, 6.45) is 2.41. The van der Waals surface area contributed by atoms with E-state index in [0.717, 1.165) is 44.2 Å². The van der Waals surface area contributed by atoms with Gasteiger partial charge in [0.2, 0.25) is 0 Å². The van der Waals surface area contributed by atoms with Gasteiger partial charge >= 0.3 is 0 Å². The molecule has 1 saturated heterocycles. The predicted octanol–water partition coefficient (Wildman–Crippen LogP) is 0.203. The summed E-state index contributed by atoms with van der Waals surface area (Å²) in [5.41, 5.74) is 6.76.